The van der Waals surface area contributed by atoms with Crippen molar-refractivity contribution >= 4 is 12.0 Å². The molecule has 1 aliphatic rings. The maximum Gasteiger partial charge on any atom is 0.410 e. The monoisotopic (exact) mass is 424 g/mol. The summed E-state index contributed by atoms with van der Waals surface area (Å²) in [6.45, 7) is 6.49. The average Bonchev–Trinajstić information content (AvgIpc) is 2.90. The van der Waals surface area contributed by atoms with E-state index in [1.165, 1.54) is 10.6 Å². The largest absolute Gasteiger partial charge is 0.444 e. The standard InChI is InChI=1S/C25H32N2O4/c1-25(2,3)31-24(29)26-17-16-23(28)27(30-19-21-12-8-5-9-13-21)18-22(26)15-14-20-10-6-4-7-11-20/h4-13,22H,14-19H2,1-3H3. The number of benzene rings is 2. The molecule has 0 bridgehead atoms. The van der Waals surface area contributed by atoms with Gasteiger partial charge in [-0.15, -0.1) is 0 Å². The lowest BCUT2D eigenvalue weighted by Gasteiger charge is -2.33. The maximum absolute atomic E-state index is 12.9. The molecule has 1 unspecified atom stereocenters. The van der Waals surface area contributed by atoms with E-state index in [1.54, 1.807) is 4.90 Å². The number of carbonyl (C=O) groups is 2. The van der Waals surface area contributed by atoms with Gasteiger partial charge in [-0.1, -0.05) is 60.7 Å². The van der Waals surface area contributed by atoms with Crippen molar-refractivity contribution in [3.05, 3.63) is 71.8 Å². The molecule has 0 aromatic heterocycles. The zero-order valence-electron chi connectivity index (χ0n) is 18.6. The number of aryl methyl sites for hydroxylation is 1. The summed E-state index contributed by atoms with van der Waals surface area (Å²) in [5.41, 5.74) is 1.59. The van der Waals surface area contributed by atoms with E-state index in [2.05, 4.69) is 12.1 Å². The smallest absolute Gasteiger partial charge is 0.410 e. The van der Waals surface area contributed by atoms with E-state index in [9.17, 15) is 9.59 Å². The minimum atomic E-state index is -0.596. The Kier molecular flexibility index (Phi) is 7.69. The van der Waals surface area contributed by atoms with Crippen LogP contribution in [0.5, 0.6) is 0 Å². The van der Waals surface area contributed by atoms with Crippen molar-refractivity contribution in [2.45, 2.75) is 58.3 Å². The summed E-state index contributed by atoms with van der Waals surface area (Å²) >= 11 is 0. The van der Waals surface area contributed by atoms with Crippen LogP contribution in [0.4, 0.5) is 4.79 Å². The third-order valence-corrected chi connectivity index (χ3v) is 5.13. The van der Waals surface area contributed by atoms with E-state index < -0.39 is 5.60 Å². The average molecular weight is 425 g/mol. The number of hydroxylamine groups is 2. The van der Waals surface area contributed by atoms with E-state index in [1.807, 2.05) is 69.3 Å². The van der Waals surface area contributed by atoms with E-state index in [-0.39, 0.29) is 24.5 Å². The number of ether oxygens (including phenoxy) is 1. The first-order valence-electron chi connectivity index (χ1n) is 10.8. The van der Waals surface area contributed by atoms with Crippen LogP contribution in [0.25, 0.3) is 0 Å². The molecule has 166 valence electrons. The summed E-state index contributed by atoms with van der Waals surface area (Å²) in [5, 5.41) is 1.42. The second kappa shape index (κ2) is 10.4. The van der Waals surface area contributed by atoms with Crippen LogP contribution in [-0.4, -0.2) is 46.7 Å². The van der Waals surface area contributed by atoms with E-state index in [0.717, 1.165) is 12.0 Å². The number of hydrogen-bond acceptors (Lipinski definition) is 4. The van der Waals surface area contributed by atoms with E-state index in [0.29, 0.717) is 26.1 Å². The second-order valence-electron chi connectivity index (χ2n) is 8.82. The van der Waals surface area contributed by atoms with Crippen molar-refractivity contribution in [2.24, 2.45) is 0 Å². The number of carbonyl (C=O) groups excluding carboxylic acids is 2. The molecule has 1 aliphatic heterocycles. The Morgan fingerprint density at radius 2 is 1.61 bits per heavy atom. The molecule has 0 spiro atoms. The van der Waals surface area contributed by atoms with Crippen LogP contribution in [0.2, 0.25) is 0 Å². The molecule has 3 rings (SSSR count). The normalized spacial score (nSPS) is 17.4. The van der Waals surface area contributed by atoms with Crippen molar-refractivity contribution in [1.82, 2.24) is 9.96 Å². The minimum Gasteiger partial charge on any atom is -0.444 e. The number of hydrogen-bond donors (Lipinski definition) is 0. The quantitative estimate of drug-likeness (QED) is 0.681. The van der Waals surface area contributed by atoms with Crippen molar-refractivity contribution in [2.75, 3.05) is 13.1 Å². The number of nitrogens with zero attached hydrogens (tertiary/aromatic N) is 2. The number of amides is 2. The fraction of sp³-hybridized carbons (Fsp3) is 0.440. The summed E-state index contributed by atoms with van der Waals surface area (Å²) < 4.78 is 5.63. The molecule has 0 aliphatic carbocycles. The van der Waals surface area contributed by atoms with Gasteiger partial charge in [0.15, 0.2) is 0 Å². The van der Waals surface area contributed by atoms with Gasteiger partial charge in [-0.25, -0.2) is 9.86 Å². The van der Waals surface area contributed by atoms with Crippen molar-refractivity contribution in [3.63, 3.8) is 0 Å². The van der Waals surface area contributed by atoms with Gasteiger partial charge in [0.1, 0.15) is 12.2 Å². The fourth-order valence-electron chi connectivity index (χ4n) is 3.55. The van der Waals surface area contributed by atoms with Gasteiger partial charge in [0.2, 0.25) is 5.91 Å². The molecule has 1 atom stereocenters. The van der Waals surface area contributed by atoms with Gasteiger partial charge >= 0.3 is 6.09 Å². The lowest BCUT2D eigenvalue weighted by Crippen LogP contribution is -2.47. The van der Waals surface area contributed by atoms with Gasteiger partial charge in [-0.05, 0) is 44.7 Å². The van der Waals surface area contributed by atoms with Crippen LogP contribution in [0, 0.1) is 0 Å². The first-order valence-corrected chi connectivity index (χ1v) is 10.8. The third kappa shape index (κ3) is 7.10. The highest BCUT2D eigenvalue weighted by Gasteiger charge is 2.34. The van der Waals surface area contributed by atoms with Crippen molar-refractivity contribution < 1.29 is 19.2 Å². The molecule has 31 heavy (non-hydrogen) atoms. The summed E-state index contributed by atoms with van der Waals surface area (Å²) in [6.07, 6.45) is 1.33. The molecule has 6 heteroatoms. The molecule has 2 amide bonds. The van der Waals surface area contributed by atoms with Gasteiger partial charge < -0.3 is 9.64 Å². The molecule has 2 aromatic rings. The molecule has 1 saturated heterocycles. The zero-order chi connectivity index (χ0) is 22.3. The highest BCUT2D eigenvalue weighted by atomic mass is 16.7. The highest BCUT2D eigenvalue weighted by molar-refractivity contribution is 5.77. The number of rotatable bonds is 6. The van der Waals surface area contributed by atoms with Crippen molar-refractivity contribution in [1.29, 1.82) is 0 Å². The molecule has 0 saturated carbocycles. The molecule has 2 aromatic carbocycles. The van der Waals surface area contributed by atoms with Crippen LogP contribution in [0.3, 0.4) is 0 Å². The minimum absolute atomic E-state index is 0.119. The van der Waals surface area contributed by atoms with Gasteiger partial charge in [0, 0.05) is 13.0 Å². The SMILES string of the molecule is CC(C)(C)OC(=O)N1CCC(=O)N(OCc2ccccc2)CC1CCc1ccccc1. The second-order valence-corrected chi connectivity index (χ2v) is 8.82. The van der Waals surface area contributed by atoms with Crippen molar-refractivity contribution in [3.8, 4) is 0 Å². The zero-order valence-corrected chi connectivity index (χ0v) is 18.6. The summed E-state index contributed by atoms with van der Waals surface area (Å²) in [4.78, 5) is 33.2. The topological polar surface area (TPSA) is 59.1 Å². The fourth-order valence-corrected chi connectivity index (χ4v) is 3.55. The Hall–Kier alpha value is -2.86. The molecule has 6 nitrogen and oxygen atoms in total. The molecule has 0 radical (unpaired) electrons. The lowest BCUT2D eigenvalue weighted by molar-refractivity contribution is -0.192. The lowest BCUT2D eigenvalue weighted by atomic mass is 10.0. The third-order valence-electron chi connectivity index (χ3n) is 5.13. The Balaban J connectivity index is 1.73. The molecular weight excluding hydrogens is 392 g/mol. The van der Waals surface area contributed by atoms with Gasteiger partial charge in [-0.3, -0.25) is 9.63 Å². The first kappa shape index (κ1) is 22.8. The summed E-state index contributed by atoms with van der Waals surface area (Å²) in [7, 11) is 0. The van der Waals surface area contributed by atoms with Crippen LogP contribution in [0.15, 0.2) is 60.7 Å². The van der Waals surface area contributed by atoms with Gasteiger partial charge in [0.05, 0.1) is 12.6 Å². The van der Waals surface area contributed by atoms with E-state index in [4.69, 9.17) is 9.57 Å². The van der Waals surface area contributed by atoms with Gasteiger partial charge in [-0.2, -0.15) is 0 Å². The molecule has 1 heterocycles. The first-order chi connectivity index (χ1) is 14.8. The molecule has 0 N–H and O–H groups in total. The van der Waals surface area contributed by atoms with Crippen LogP contribution in [0.1, 0.15) is 44.7 Å². The summed E-state index contributed by atoms with van der Waals surface area (Å²) in [5.74, 6) is -0.119. The van der Waals surface area contributed by atoms with E-state index >= 15 is 0 Å². The molecule has 1 fully saturated rings. The maximum atomic E-state index is 12.9. The Labute approximate surface area is 184 Å². The van der Waals surface area contributed by atoms with Gasteiger partial charge in [0.25, 0.3) is 0 Å². The summed E-state index contributed by atoms with van der Waals surface area (Å²) in [6, 6.07) is 19.7. The Morgan fingerprint density at radius 3 is 2.23 bits per heavy atom. The van der Waals surface area contributed by atoms with Crippen LogP contribution >= 0.6 is 0 Å². The molecular formula is C25H32N2O4. The van der Waals surface area contributed by atoms with Crippen LogP contribution in [-0.2, 0) is 27.4 Å². The van der Waals surface area contributed by atoms with Crippen LogP contribution < -0.4 is 0 Å². The predicted molar refractivity (Wildman–Crippen MR) is 119 cm³/mol. The highest BCUT2D eigenvalue weighted by Crippen LogP contribution is 2.21. The Bertz CT molecular complexity index is 849. The Morgan fingerprint density at radius 1 is 1.00 bits per heavy atom. The predicted octanol–water partition coefficient (Wildman–Crippen LogP) is 4.59.